The molecule has 0 aliphatic carbocycles. The molecule has 4 rings (SSSR count). The standard InChI is InChI=1S/C18H18N4O3/c23-16(9-8-13-5-4-12-24-13)22-11-3-7-15(22)18-20-17(21-25-18)14-6-1-2-10-19-14/h1-2,4-6,10,12,15H,3,7-9,11H2. The number of aromatic nitrogens is 3. The Labute approximate surface area is 144 Å². The Kier molecular flexibility index (Phi) is 4.28. The molecule has 25 heavy (non-hydrogen) atoms. The summed E-state index contributed by atoms with van der Waals surface area (Å²) in [5, 5.41) is 4.01. The van der Waals surface area contributed by atoms with Crippen molar-refractivity contribution < 1.29 is 13.7 Å². The van der Waals surface area contributed by atoms with Crippen LogP contribution in [0.2, 0.25) is 0 Å². The zero-order valence-electron chi connectivity index (χ0n) is 13.7. The molecule has 1 fully saturated rings. The fourth-order valence-electron chi connectivity index (χ4n) is 3.12. The number of furan rings is 1. The molecule has 0 radical (unpaired) electrons. The van der Waals surface area contributed by atoms with E-state index in [-0.39, 0.29) is 11.9 Å². The van der Waals surface area contributed by atoms with Crippen LogP contribution in [0.4, 0.5) is 0 Å². The SMILES string of the molecule is O=C(CCc1ccco1)N1CCCC1c1nc(-c2ccccn2)no1. The Bertz CT molecular complexity index is 829. The van der Waals surface area contributed by atoms with Gasteiger partial charge in [-0.25, -0.2) is 0 Å². The van der Waals surface area contributed by atoms with Crippen molar-refractivity contribution >= 4 is 5.91 Å². The van der Waals surface area contributed by atoms with Gasteiger partial charge in [0.1, 0.15) is 17.5 Å². The minimum Gasteiger partial charge on any atom is -0.469 e. The van der Waals surface area contributed by atoms with Crippen molar-refractivity contribution in [1.82, 2.24) is 20.0 Å². The van der Waals surface area contributed by atoms with Crippen LogP contribution in [0.25, 0.3) is 11.5 Å². The number of aryl methyl sites for hydroxylation is 1. The number of hydrogen-bond donors (Lipinski definition) is 0. The fourth-order valence-corrected chi connectivity index (χ4v) is 3.12. The average Bonchev–Trinajstić information content (AvgIpc) is 3.41. The summed E-state index contributed by atoms with van der Waals surface area (Å²) in [5.74, 6) is 1.82. The summed E-state index contributed by atoms with van der Waals surface area (Å²) in [4.78, 5) is 23.1. The van der Waals surface area contributed by atoms with E-state index in [1.165, 1.54) is 0 Å². The third-order valence-corrected chi connectivity index (χ3v) is 4.36. The molecular formula is C18H18N4O3. The molecule has 0 N–H and O–H groups in total. The van der Waals surface area contributed by atoms with Crippen LogP contribution in [0.15, 0.2) is 51.7 Å². The maximum Gasteiger partial charge on any atom is 0.249 e. The molecule has 1 amide bonds. The van der Waals surface area contributed by atoms with Gasteiger partial charge in [-0.1, -0.05) is 11.2 Å². The molecule has 1 atom stereocenters. The van der Waals surface area contributed by atoms with Crippen LogP contribution < -0.4 is 0 Å². The fraction of sp³-hybridized carbons (Fsp3) is 0.333. The lowest BCUT2D eigenvalue weighted by Crippen LogP contribution is -2.30. The van der Waals surface area contributed by atoms with Crippen molar-refractivity contribution in [2.75, 3.05) is 6.54 Å². The summed E-state index contributed by atoms with van der Waals surface area (Å²) in [5.41, 5.74) is 0.659. The molecule has 1 saturated heterocycles. The number of carbonyl (C=O) groups excluding carboxylic acids is 1. The second kappa shape index (κ2) is 6.88. The molecule has 1 aliphatic heterocycles. The maximum atomic E-state index is 12.6. The van der Waals surface area contributed by atoms with E-state index < -0.39 is 0 Å². The number of likely N-dealkylation sites (tertiary alicyclic amines) is 1. The Hall–Kier alpha value is -2.96. The van der Waals surface area contributed by atoms with Crippen LogP contribution in [-0.2, 0) is 11.2 Å². The Balaban J connectivity index is 1.46. The van der Waals surface area contributed by atoms with E-state index in [1.54, 1.807) is 12.5 Å². The van der Waals surface area contributed by atoms with E-state index in [0.29, 0.717) is 36.8 Å². The molecule has 0 saturated carbocycles. The zero-order chi connectivity index (χ0) is 17.1. The summed E-state index contributed by atoms with van der Waals surface area (Å²) in [6, 6.07) is 9.09. The molecular weight excluding hydrogens is 320 g/mol. The van der Waals surface area contributed by atoms with Gasteiger partial charge in [0.2, 0.25) is 17.6 Å². The molecule has 0 aromatic carbocycles. The van der Waals surface area contributed by atoms with E-state index >= 15 is 0 Å². The molecule has 3 aromatic rings. The molecule has 128 valence electrons. The van der Waals surface area contributed by atoms with Gasteiger partial charge < -0.3 is 13.8 Å². The van der Waals surface area contributed by atoms with Crippen molar-refractivity contribution in [2.45, 2.75) is 31.7 Å². The lowest BCUT2D eigenvalue weighted by Gasteiger charge is -2.21. The van der Waals surface area contributed by atoms with E-state index in [2.05, 4.69) is 15.1 Å². The third kappa shape index (κ3) is 3.31. The molecule has 3 aromatic heterocycles. The van der Waals surface area contributed by atoms with Gasteiger partial charge in [0.25, 0.3) is 0 Å². The molecule has 4 heterocycles. The van der Waals surface area contributed by atoms with Crippen LogP contribution in [0, 0.1) is 0 Å². The zero-order valence-corrected chi connectivity index (χ0v) is 13.7. The summed E-state index contributed by atoms with van der Waals surface area (Å²) in [7, 11) is 0. The first-order valence-electron chi connectivity index (χ1n) is 8.38. The highest BCUT2D eigenvalue weighted by Gasteiger charge is 2.34. The van der Waals surface area contributed by atoms with Gasteiger partial charge in [0.05, 0.1) is 6.26 Å². The first-order chi connectivity index (χ1) is 12.3. The predicted molar refractivity (Wildman–Crippen MR) is 88.2 cm³/mol. The summed E-state index contributed by atoms with van der Waals surface area (Å²) < 4.78 is 10.7. The van der Waals surface area contributed by atoms with Crippen LogP contribution >= 0.6 is 0 Å². The summed E-state index contributed by atoms with van der Waals surface area (Å²) >= 11 is 0. The second-order valence-electron chi connectivity index (χ2n) is 6.00. The molecule has 7 nitrogen and oxygen atoms in total. The topological polar surface area (TPSA) is 85.3 Å². The monoisotopic (exact) mass is 338 g/mol. The van der Waals surface area contributed by atoms with Gasteiger partial charge in [-0.2, -0.15) is 4.98 Å². The highest BCUT2D eigenvalue weighted by Crippen LogP contribution is 2.32. The Morgan fingerprint density at radius 2 is 2.24 bits per heavy atom. The minimum atomic E-state index is -0.158. The second-order valence-corrected chi connectivity index (χ2v) is 6.00. The molecule has 7 heteroatoms. The molecule has 1 unspecified atom stereocenters. The van der Waals surface area contributed by atoms with E-state index in [0.717, 1.165) is 18.6 Å². The highest BCUT2D eigenvalue weighted by atomic mass is 16.5. The maximum absolute atomic E-state index is 12.6. The highest BCUT2D eigenvalue weighted by molar-refractivity contribution is 5.77. The van der Waals surface area contributed by atoms with Crippen molar-refractivity contribution in [1.29, 1.82) is 0 Å². The normalized spacial score (nSPS) is 17.1. The molecule has 0 spiro atoms. The quantitative estimate of drug-likeness (QED) is 0.711. The van der Waals surface area contributed by atoms with E-state index in [4.69, 9.17) is 8.94 Å². The van der Waals surface area contributed by atoms with Crippen molar-refractivity contribution in [3.63, 3.8) is 0 Å². The van der Waals surface area contributed by atoms with Gasteiger partial charge in [-0.3, -0.25) is 9.78 Å². The van der Waals surface area contributed by atoms with Gasteiger partial charge in [-0.05, 0) is 37.1 Å². The lowest BCUT2D eigenvalue weighted by molar-refractivity contribution is -0.132. The van der Waals surface area contributed by atoms with Gasteiger partial charge in [-0.15, -0.1) is 0 Å². The number of nitrogens with zero attached hydrogens (tertiary/aromatic N) is 4. The Morgan fingerprint density at radius 3 is 3.04 bits per heavy atom. The number of hydrogen-bond acceptors (Lipinski definition) is 6. The molecule has 1 aliphatic rings. The first-order valence-corrected chi connectivity index (χ1v) is 8.38. The van der Waals surface area contributed by atoms with Crippen LogP contribution in [0.5, 0.6) is 0 Å². The Morgan fingerprint density at radius 1 is 1.28 bits per heavy atom. The minimum absolute atomic E-state index is 0.0801. The van der Waals surface area contributed by atoms with E-state index in [9.17, 15) is 4.79 Å². The number of carbonyl (C=O) groups is 1. The van der Waals surface area contributed by atoms with Crippen molar-refractivity contribution in [3.05, 3.63) is 54.4 Å². The average molecular weight is 338 g/mol. The van der Waals surface area contributed by atoms with Crippen molar-refractivity contribution in [2.24, 2.45) is 0 Å². The summed E-state index contributed by atoms with van der Waals surface area (Å²) in [6.07, 6.45) is 6.07. The number of pyridine rings is 1. The van der Waals surface area contributed by atoms with Crippen LogP contribution in [0.3, 0.4) is 0 Å². The van der Waals surface area contributed by atoms with Gasteiger partial charge in [0, 0.05) is 25.6 Å². The lowest BCUT2D eigenvalue weighted by atomic mass is 10.2. The summed E-state index contributed by atoms with van der Waals surface area (Å²) in [6.45, 7) is 0.711. The predicted octanol–water partition coefficient (Wildman–Crippen LogP) is 3.02. The first kappa shape index (κ1) is 15.6. The molecule has 0 bridgehead atoms. The van der Waals surface area contributed by atoms with Crippen LogP contribution in [-0.4, -0.2) is 32.5 Å². The van der Waals surface area contributed by atoms with Crippen LogP contribution in [0.1, 0.15) is 37.0 Å². The smallest absolute Gasteiger partial charge is 0.249 e. The number of amides is 1. The van der Waals surface area contributed by atoms with E-state index in [1.807, 2.05) is 35.2 Å². The largest absolute Gasteiger partial charge is 0.469 e. The van der Waals surface area contributed by atoms with Crippen molar-refractivity contribution in [3.8, 4) is 11.5 Å². The van der Waals surface area contributed by atoms with Gasteiger partial charge >= 0.3 is 0 Å². The third-order valence-electron chi connectivity index (χ3n) is 4.36. The number of rotatable bonds is 5. The van der Waals surface area contributed by atoms with Gasteiger partial charge in [0.15, 0.2) is 0 Å².